The summed E-state index contributed by atoms with van der Waals surface area (Å²) in [5.74, 6) is -0.530. The van der Waals surface area contributed by atoms with Crippen LogP contribution in [0.15, 0.2) is 12.7 Å². The summed E-state index contributed by atoms with van der Waals surface area (Å²) >= 11 is 0. The first-order valence-corrected chi connectivity index (χ1v) is 6.82. The van der Waals surface area contributed by atoms with Crippen molar-refractivity contribution in [3.8, 4) is 0 Å². The van der Waals surface area contributed by atoms with Crippen LogP contribution < -0.4 is 0 Å². The van der Waals surface area contributed by atoms with Gasteiger partial charge in [0.05, 0.1) is 31.3 Å². The molecule has 2 fully saturated rings. The van der Waals surface area contributed by atoms with Crippen LogP contribution in [0.5, 0.6) is 0 Å². The van der Waals surface area contributed by atoms with Crippen molar-refractivity contribution in [2.75, 3.05) is 13.2 Å². The van der Waals surface area contributed by atoms with Crippen molar-refractivity contribution in [2.24, 2.45) is 5.92 Å². The maximum atomic E-state index is 11.8. The predicted octanol–water partition coefficient (Wildman–Crippen LogP) is 1.61. The molecule has 5 heteroatoms. The van der Waals surface area contributed by atoms with E-state index >= 15 is 0 Å². The van der Waals surface area contributed by atoms with Crippen LogP contribution in [-0.4, -0.2) is 37.4 Å². The standard InChI is InChI=1S/C14H20O5/c1-2-13(15)17-7-3-4-8-18-14(16)10-5-6-11-12(9-10)19-11/h2,10-12H,1,3-9H2. The van der Waals surface area contributed by atoms with Gasteiger partial charge < -0.3 is 14.2 Å². The van der Waals surface area contributed by atoms with E-state index in [9.17, 15) is 9.59 Å². The Hall–Kier alpha value is -1.36. The summed E-state index contributed by atoms with van der Waals surface area (Å²) in [4.78, 5) is 22.5. The number of rotatable bonds is 7. The van der Waals surface area contributed by atoms with E-state index in [1.54, 1.807) is 0 Å². The van der Waals surface area contributed by atoms with Gasteiger partial charge in [-0.05, 0) is 32.1 Å². The third-order valence-corrected chi connectivity index (χ3v) is 3.53. The minimum Gasteiger partial charge on any atom is -0.465 e. The van der Waals surface area contributed by atoms with Gasteiger partial charge in [-0.1, -0.05) is 6.58 Å². The quantitative estimate of drug-likeness (QED) is 0.304. The Kier molecular flexibility index (Phi) is 4.96. The van der Waals surface area contributed by atoms with Crippen LogP contribution in [0.4, 0.5) is 0 Å². The molecule has 2 aliphatic rings. The van der Waals surface area contributed by atoms with Gasteiger partial charge in [-0.3, -0.25) is 4.79 Å². The zero-order chi connectivity index (χ0) is 13.7. The molecule has 3 unspecified atom stereocenters. The fraction of sp³-hybridized carbons (Fsp3) is 0.714. The van der Waals surface area contributed by atoms with Gasteiger partial charge in [-0.15, -0.1) is 0 Å². The molecular formula is C14H20O5. The number of epoxide rings is 1. The van der Waals surface area contributed by atoms with E-state index < -0.39 is 5.97 Å². The molecule has 0 amide bonds. The molecule has 0 radical (unpaired) electrons. The molecule has 3 atom stereocenters. The lowest BCUT2D eigenvalue weighted by Gasteiger charge is -2.17. The van der Waals surface area contributed by atoms with Gasteiger partial charge in [0.1, 0.15) is 0 Å². The summed E-state index contributed by atoms with van der Waals surface area (Å²) in [5, 5.41) is 0. The van der Waals surface area contributed by atoms with E-state index in [4.69, 9.17) is 14.2 Å². The molecule has 0 aromatic heterocycles. The summed E-state index contributed by atoms with van der Waals surface area (Å²) in [6.45, 7) is 4.03. The molecule has 0 bridgehead atoms. The summed E-state index contributed by atoms with van der Waals surface area (Å²) in [6.07, 6.45) is 5.88. The summed E-state index contributed by atoms with van der Waals surface area (Å²) in [6, 6.07) is 0. The molecule has 19 heavy (non-hydrogen) atoms. The van der Waals surface area contributed by atoms with Crippen molar-refractivity contribution >= 4 is 11.9 Å². The largest absolute Gasteiger partial charge is 0.465 e. The number of carbonyl (C=O) groups excluding carboxylic acids is 2. The predicted molar refractivity (Wildman–Crippen MR) is 67.4 cm³/mol. The van der Waals surface area contributed by atoms with Crippen molar-refractivity contribution in [3.05, 3.63) is 12.7 Å². The van der Waals surface area contributed by atoms with Crippen LogP contribution in [0.3, 0.4) is 0 Å². The zero-order valence-corrected chi connectivity index (χ0v) is 11.0. The molecule has 0 aromatic carbocycles. The monoisotopic (exact) mass is 268 g/mol. The number of hydrogen-bond acceptors (Lipinski definition) is 5. The number of ether oxygens (including phenoxy) is 3. The average molecular weight is 268 g/mol. The van der Waals surface area contributed by atoms with E-state index in [1.807, 2.05) is 0 Å². The molecule has 0 N–H and O–H groups in total. The first-order chi connectivity index (χ1) is 9.20. The zero-order valence-electron chi connectivity index (χ0n) is 11.0. The second-order valence-corrected chi connectivity index (χ2v) is 4.97. The lowest BCUT2D eigenvalue weighted by atomic mass is 9.89. The molecule has 2 rings (SSSR count). The van der Waals surface area contributed by atoms with E-state index in [2.05, 4.69) is 6.58 Å². The van der Waals surface area contributed by atoms with Crippen LogP contribution in [0.2, 0.25) is 0 Å². The van der Waals surface area contributed by atoms with E-state index in [-0.39, 0.29) is 11.9 Å². The topological polar surface area (TPSA) is 65.1 Å². The molecule has 0 spiro atoms. The second-order valence-electron chi connectivity index (χ2n) is 4.97. The number of hydrogen-bond donors (Lipinski definition) is 0. The smallest absolute Gasteiger partial charge is 0.330 e. The Bertz CT molecular complexity index is 352. The number of unbranched alkanes of at least 4 members (excludes halogenated alkanes) is 1. The Labute approximate surface area is 112 Å². The SMILES string of the molecule is C=CC(=O)OCCCCOC(=O)C1CCC2OC2C1. The normalized spacial score (nSPS) is 28.1. The number of fused-ring (bicyclic) bond motifs is 1. The van der Waals surface area contributed by atoms with Crippen molar-refractivity contribution in [1.82, 2.24) is 0 Å². The first kappa shape index (κ1) is 14.1. The highest BCUT2D eigenvalue weighted by Crippen LogP contribution is 2.39. The number of esters is 2. The van der Waals surface area contributed by atoms with Crippen molar-refractivity contribution in [1.29, 1.82) is 0 Å². The maximum absolute atomic E-state index is 11.8. The first-order valence-electron chi connectivity index (χ1n) is 6.82. The summed E-state index contributed by atoms with van der Waals surface area (Å²) < 4.78 is 15.4. The molecule has 106 valence electrons. The van der Waals surface area contributed by atoms with Crippen LogP contribution in [0.1, 0.15) is 32.1 Å². The minimum atomic E-state index is -0.418. The fourth-order valence-electron chi connectivity index (χ4n) is 2.34. The van der Waals surface area contributed by atoms with Crippen molar-refractivity contribution < 1.29 is 23.8 Å². The van der Waals surface area contributed by atoms with Crippen LogP contribution >= 0.6 is 0 Å². The Balaban J connectivity index is 1.49. The van der Waals surface area contributed by atoms with E-state index in [0.717, 1.165) is 25.3 Å². The van der Waals surface area contributed by atoms with Gasteiger partial charge in [-0.25, -0.2) is 4.79 Å². The second kappa shape index (κ2) is 6.70. The average Bonchev–Trinajstić information content (AvgIpc) is 3.20. The molecule has 1 heterocycles. The van der Waals surface area contributed by atoms with Gasteiger partial charge >= 0.3 is 11.9 Å². The fourth-order valence-corrected chi connectivity index (χ4v) is 2.34. The highest BCUT2D eigenvalue weighted by Gasteiger charge is 2.46. The molecule has 0 aromatic rings. The van der Waals surface area contributed by atoms with Crippen molar-refractivity contribution in [2.45, 2.75) is 44.3 Å². The van der Waals surface area contributed by atoms with Crippen LogP contribution in [-0.2, 0) is 23.8 Å². The summed E-state index contributed by atoms with van der Waals surface area (Å²) in [7, 11) is 0. The maximum Gasteiger partial charge on any atom is 0.330 e. The van der Waals surface area contributed by atoms with Gasteiger partial charge in [-0.2, -0.15) is 0 Å². The Morgan fingerprint density at radius 1 is 1.16 bits per heavy atom. The summed E-state index contributed by atoms with van der Waals surface area (Å²) in [5.41, 5.74) is 0. The molecule has 1 aliphatic carbocycles. The third-order valence-electron chi connectivity index (χ3n) is 3.53. The Morgan fingerprint density at radius 2 is 1.89 bits per heavy atom. The molecule has 1 aliphatic heterocycles. The van der Waals surface area contributed by atoms with Gasteiger partial charge in [0.15, 0.2) is 0 Å². The highest BCUT2D eigenvalue weighted by molar-refractivity contribution is 5.81. The van der Waals surface area contributed by atoms with Gasteiger partial charge in [0.25, 0.3) is 0 Å². The molecular weight excluding hydrogens is 248 g/mol. The van der Waals surface area contributed by atoms with Gasteiger partial charge in [0.2, 0.25) is 0 Å². The van der Waals surface area contributed by atoms with Crippen LogP contribution in [0.25, 0.3) is 0 Å². The highest BCUT2D eigenvalue weighted by atomic mass is 16.6. The minimum absolute atomic E-state index is 0.00217. The van der Waals surface area contributed by atoms with Crippen LogP contribution in [0, 0.1) is 5.92 Å². The van der Waals surface area contributed by atoms with E-state index in [0.29, 0.717) is 38.3 Å². The molecule has 1 saturated heterocycles. The van der Waals surface area contributed by atoms with Crippen molar-refractivity contribution in [3.63, 3.8) is 0 Å². The Morgan fingerprint density at radius 3 is 2.58 bits per heavy atom. The van der Waals surface area contributed by atoms with Gasteiger partial charge in [0, 0.05) is 6.08 Å². The molecule has 1 saturated carbocycles. The number of carbonyl (C=O) groups is 2. The lowest BCUT2D eigenvalue weighted by molar-refractivity contribution is -0.150. The third kappa shape index (κ3) is 4.35. The van der Waals surface area contributed by atoms with E-state index in [1.165, 1.54) is 0 Å². The lowest BCUT2D eigenvalue weighted by Crippen LogP contribution is -2.24. The molecule has 5 nitrogen and oxygen atoms in total.